The molecule has 1 aliphatic carbocycles. The molecule has 2 rings (SSSR count). The number of nitrogens with zero attached hydrogens (tertiary/aromatic N) is 1. The highest BCUT2D eigenvalue weighted by Gasteiger charge is 2.47. The van der Waals surface area contributed by atoms with Gasteiger partial charge in [0, 0.05) is 17.7 Å². The van der Waals surface area contributed by atoms with E-state index in [9.17, 15) is 8.42 Å². The summed E-state index contributed by atoms with van der Waals surface area (Å²) >= 11 is 12.2. The summed E-state index contributed by atoms with van der Waals surface area (Å²) in [4.78, 5) is 2.02. The van der Waals surface area contributed by atoms with E-state index in [1.54, 1.807) is 6.07 Å². The second-order valence-electron chi connectivity index (χ2n) is 6.21. The van der Waals surface area contributed by atoms with Gasteiger partial charge in [-0.05, 0) is 44.6 Å². The summed E-state index contributed by atoms with van der Waals surface area (Å²) in [6.45, 7) is 0. The number of hydrogen-bond donors (Lipinski definition) is 0. The molecule has 6 heteroatoms. The van der Waals surface area contributed by atoms with Gasteiger partial charge < -0.3 is 4.90 Å². The molecular formula is C15H21Cl2NO2S. The van der Waals surface area contributed by atoms with Crippen molar-refractivity contribution in [2.24, 2.45) is 0 Å². The van der Waals surface area contributed by atoms with Crippen molar-refractivity contribution < 1.29 is 8.42 Å². The smallest absolute Gasteiger partial charge is 0.149 e. The van der Waals surface area contributed by atoms with Crippen LogP contribution < -0.4 is 0 Å². The van der Waals surface area contributed by atoms with Crippen LogP contribution in [0.3, 0.4) is 0 Å². The summed E-state index contributed by atoms with van der Waals surface area (Å²) in [5.41, 5.74) is 0.936. The number of halogens is 2. The molecule has 1 atom stereocenters. The monoisotopic (exact) mass is 349 g/mol. The Balaban J connectivity index is 2.45. The van der Waals surface area contributed by atoms with E-state index in [2.05, 4.69) is 0 Å². The molecule has 0 heterocycles. The van der Waals surface area contributed by atoms with E-state index in [1.165, 1.54) is 6.26 Å². The lowest BCUT2D eigenvalue weighted by molar-refractivity contribution is 0.111. The van der Waals surface area contributed by atoms with Crippen molar-refractivity contribution in [3.63, 3.8) is 0 Å². The van der Waals surface area contributed by atoms with Crippen LogP contribution in [0.15, 0.2) is 18.2 Å². The van der Waals surface area contributed by atoms with Crippen LogP contribution in [0.2, 0.25) is 10.0 Å². The van der Waals surface area contributed by atoms with E-state index >= 15 is 0 Å². The van der Waals surface area contributed by atoms with Crippen molar-refractivity contribution in [2.75, 3.05) is 26.1 Å². The molecule has 0 N–H and O–H groups in total. The van der Waals surface area contributed by atoms with Gasteiger partial charge >= 0.3 is 0 Å². The molecule has 0 bridgehead atoms. The molecule has 0 aliphatic heterocycles. The number of sulfone groups is 1. The molecule has 1 aliphatic rings. The summed E-state index contributed by atoms with van der Waals surface area (Å²) in [6.07, 6.45) is 4.35. The molecule has 1 aromatic carbocycles. The minimum absolute atomic E-state index is 0.0570. The zero-order valence-corrected chi connectivity index (χ0v) is 14.9. The average Bonchev–Trinajstić information content (AvgIpc) is 2.29. The van der Waals surface area contributed by atoms with Gasteiger partial charge in [-0.1, -0.05) is 35.7 Å². The van der Waals surface area contributed by atoms with Crippen LogP contribution in [0.5, 0.6) is 0 Å². The molecular weight excluding hydrogens is 329 g/mol. The average molecular weight is 350 g/mol. The topological polar surface area (TPSA) is 37.4 Å². The molecule has 0 aromatic heterocycles. The molecule has 1 aromatic rings. The highest BCUT2D eigenvalue weighted by atomic mass is 35.5. The van der Waals surface area contributed by atoms with Gasteiger partial charge in [0.15, 0.2) is 0 Å². The second-order valence-corrected chi connectivity index (χ2v) is 9.21. The van der Waals surface area contributed by atoms with Gasteiger partial charge in [0.1, 0.15) is 9.84 Å². The molecule has 1 fully saturated rings. The third kappa shape index (κ3) is 3.55. The lowest BCUT2D eigenvalue weighted by Gasteiger charge is -2.50. The van der Waals surface area contributed by atoms with Crippen molar-refractivity contribution in [1.82, 2.24) is 4.90 Å². The van der Waals surface area contributed by atoms with Crippen molar-refractivity contribution in [2.45, 2.75) is 30.7 Å². The Labute approximate surface area is 137 Å². The predicted molar refractivity (Wildman–Crippen MR) is 89.2 cm³/mol. The first-order valence-electron chi connectivity index (χ1n) is 6.95. The fourth-order valence-corrected chi connectivity index (χ4v) is 4.76. The molecule has 1 unspecified atom stereocenters. The van der Waals surface area contributed by atoms with Crippen LogP contribution in [-0.2, 0) is 15.3 Å². The lowest BCUT2D eigenvalue weighted by atomic mass is 9.60. The molecule has 0 saturated heterocycles. The van der Waals surface area contributed by atoms with Gasteiger partial charge in [-0.2, -0.15) is 0 Å². The maximum absolute atomic E-state index is 11.8. The highest BCUT2D eigenvalue weighted by molar-refractivity contribution is 7.90. The molecule has 3 nitrogen and oxygen atoms in total. The van der Waals surface area contributed by atoms with Gasteiger partial charge in [-0.25, -0.2) is 8.42 Å². The minimum Gasteiger partial charge on any atom is -0.305 e. The number of hydrogen-bond acceptors (Lipinski definition) is 3. The van der Waals surface area contributed by atoms with Crippen LogP contribution in [0.4, 0.5) is 0 Å². The molecule has 0 amide bonds. The van der Waals surface area contributed by atoms with Gasteiger partial charge in [-0.3, -0.25) is 0 Å². The number of rotatable bonds is 5. The van der Waals surface area contributed by atoms with Crippen molar-refractivity contribution in [3.05, 3.63) is 33.8 Å². The van der Waals surface area contributed by atoms with E-state index in [4.69, 9.17) is 23.2 Å². The van der Waals surface area contributed by atoms with Crippen molar-refractivity contribution in [3.8, 4) is 0 Å². The van der Waals surface area contributed by atoms with Gasteiger partial charge in [0.25, 0.3) is 0 Å². The third-order valence-corrected chi connectivity index (χ3v) is 6.12. The summed E-state index contributed by atoms with van der Waals surface area (Å²) in [7, 11) is 0.821. The largest absolute Gasteiger partial charge is 0.305 e. The summed E-state index contributed by atoms with van der Waals surface area (Å²) < 4.78 is 23.6. The number of likely N-dealkylation sites (N-methyl/N-ethyl adjacent to an activating group) is 1. The quantitative estimate of drug-likeness (QED) is 0.817. The highest BCUT2D eigenvalue weighted by Crippen LogP contribution is 2.49. The van der Waals surface area contributed by atoms with Crippen LogP contribution in [0, 0.1) is 0 Å². The van der Waals surface area contributed by atoms with E-state index in [0.29, 0.717) is 10.0 Å². The molecule has 21 heavy (non-hydrogen) atoms. The Morgan fingerprint density at radius 3 is 2.24 bits per heavy atom. The lowest BCUT2D eigenvalue weighted by Crippen LogP contribution is -2.55. The summed E-state index contributed by atoms with van der Waals surface area (Å²) in [5, 5.41) is 1.05. The first-order valence-corrected chi connectivity index (χ1v) is 9.77. The maximum atomic E-state index is 11.8. The first-order chi connectivity index (χ1) is 9.66. The van der Waals surface area contributed by atoms with E-state index in [1.807, 2.05) is 31.1 Å². The van der Waals surface area contributed by atoms with Crippen LogP contribution >= 0.6 is 23.2 Å². The fraction of sp³-hybridized carbons (Fsp3) is 0.600. The Hall–Kier alpha value is -0.290. The molecule has 0 radical (unpaired) electrons. The van der Waals surface area contributed by atoms with Gasteiger partial charge in [0.2, 0.25) is 0 Å². The van der Waals surface area contributed by atoms with Crippen LogP contribution in [-0.4, -0.2) is 45.5 Å². The summed E-state index contributed by atoms with van der Waals surface area (Å²) in [5.74, 6) is 0.153. The van der Waals surface area contributed by atoms with Crippen molar-refractivity contribution >= 4 is 33.0 Å². The van der Waals surface area contributed by atoms with Crippen molar-refractivity contribution in [1.29, 1.82) is 0 Å². The third-order valence-electron chi connectivity index (χ3n) is 4.46. The Morgan fingerprint density at radius 1 is 1.24 bits per heavy atom. The Morgan fingerprint density at radius 2 is 1.86 bits per heavy atom. The molecule has 0 spiro atoms. The maximum Gasteiger partial charge on any atom is 0.149 e. The van der Waals surface area contributed by atoms with E-state index in [-0.39, 0.29) is 17.2 Å². The van der Waals surface area contributed by atoms with Crippen LogP contribution in [0.25, 0.3) is 0 Å². The first kappa shape index (κ1) is 17.1. The van der Waals surface area contributed by atoms with E-state index in [0.717, 1.165) is 24.8 Å². The molecule has 118 valence electrons. The zero-order valence-electron chi connectivity index (χ0n) is 12.6. The SMILES string of the molecule is CN(C)C(CS(C)(=O)=O)C1(c2ccc(Cl)c(Cl)c2)CCC1. The van der Waals surface area contributed by atoms with Gasteiger partial charge in [0.05, 0.1) is 15.8 Å². The standard InChI is InChI=1S/C15H21Cl2NO2S/c1-18(2)14(10-21(3,19)20)15(7-4-8-15)11-5-6-12(16)13(17)9-11/h5-6,9,14H,4,7-8,10H2,1-3H3. The Bertz CT molecular complexity index is 625. The normalized spacial score (nSPS) is 19.3. The fourth-order valence-electron chi connectivity index (χ4n) is 3.27. The summed E-state index contributed by atoms with van der Waals surface area (Å²) in [6, 6.07) is 5.61. The minimum atomic E-state index is -3.05. The predicted octanol–water partition coefficient (Wildman–Crippen LogP) is 3.39. The van der Waals surface area contributed by atoms with Gasteiger partial charge in [-0.15, -0.1) is 0 Å². The zero-order chi connectivity index (χ0) is 15.8. The number of benzene rings is 1. The second kappa shape index (κ2) is 6.07. The molecule has 1 saturated carbocycles. The van der Waals surface area contributed by atoms with E-state index < -0.39 is 9.84 Å². The Kier molecular flexibility index (Phi) is 4.94. The van der Waals surface area contributed by atoms with Crippen LogP contribution in [0.1, 0.15) is 24.8 Å².